The van der Waals surface area contributed by atoms with Crippen molar-refractivity contribution in [3.05, 3.63) is 12.5 Å². The van der Waals surface area contributed by atoms with Gasteiger partial charge in [0.2, 0.25) is 0 Å². The lowest BCUT2D eigenvalue weighted by Crippen LogP contribution is -2.01. The van der Waals surface area contributed by atoms with E-state index in [0.29, 0.717) is 0 Å². The maximum absolute atomic E-state index is 10.3. The predicted octanol–water partition coefficient (Wildman–Crippen LogP) is 0.467. The third kappa shape index (κ3) is 1.14. The van der Waals surface area contributed by atoms with E-state index in [1.54, 1.807) is 0 Å². The van der Waals surface area contributed by atoms with Gasteiger partial charge in [0.05, 0.1) is 6.20 Å². The van der Waals surface area contributed by atoms with Crippen molar-refractivity contribution >= 4 is 5.97 Å². The molecule has 0 aromatic rings. The van der Waals surface area contributed by atoms with Crippen LogP contribution in [0, 0.1) is 0 Å². The average molecular weight is 112 g/mol. The minimum Gasteiger partial charge on any atom is -0.431 e. The summed E-state index contributed by atoms with van der Waals surface area (Å²) in [7, 11) is 0. The van der Waals surface area contributed by atoms with Crippen LogP contribution in [0.15, 0.2) is 22.7 Å². The molecule has 0 fully saturated rings. The molecule has 0 amide bonds. The third-order valence-corrected chi connectivity index (χ3v) is 0.608. The summed E-state index contributed by atoms with van der Waals surface area (Å²) in [5, 5.41) is 6.84. The molecule has 0 aliphatic carbocycles. The molecule has 42 valence electrons. The Morgan fingerprint density at radius 2 is 2.62 bits per heavy atom. The van der Waals surface area contributed by atoms with Crippen LogP contribution < -0.4 is 0 Å². The number of nitrogens with zero attached hydrogens (tertiary/aromatic N) is 2. The summed E-state index contributed by atoms with van der Waals surface area (Å²) in [6, 6.07) is 0. The maximum atomic E-state index is 10.3. The van der Waals surface area contributed by atoms with Crippen LogP contribution in [0.4, 0.5) is 0 Å². The molecule has 4 nitrogen and oxygen atoms in total. The van der Waals surface area contributed by atoms with Crippen molar-refractivity contribution in [2.45, 2.75) is 0 Å². The van der Waals surface area contributed by atoms with E-state index in [9.17, 15) is 4.79 Å². The lowest BCUT2D eigenvalue weighted by molar-refractivity contribution is -0.136. The van der Waals surface area contributed by atoms with E-state index in [4.69, 9.17) is 0 Å². The molecular formula is C4H4N2O2. The van der Waals surface area contributed by atoms with Crippen LogP contribution in [-0.4, -0.2) is 12.5 Å². The molecule has 0 aromatic heterocycles. The molecule has 0 aromatic carbocycles. The quantitative estimate of drug-likeness (QED) is 0.427. The van der Waals surface area contributed by atoms with E-state index in [2.05, 4.69) is 15.0 Å². The first kappa shape index (κ1) is 4.96. The van der Waals surface area contributed by atoms with Gasteiger partial charge in [-0.05, 0) is 0 Å². The van der Waals surface area contributed by atoms with Gasteiger partial charge in [-0.3, -0.25) is 0 Å². The van der Waals surface area contributed by atoms with Gasteiger partial charge < -0.3 is 4.74 Å². The molecule has 0 bridgehead atoms. The van der Waals surface area contributed by atoms with E-state index in [-0.39, 0.29) is 12.5 Å². The molecule has 0 saturated heterocycles. The van der Waals surface area contributed by atoms with Gasteiger partial charge in [0.15, 0.2) is 6.54 Å². The van der Waals surface area contributed by atoms with Crippen molar-refractivity contribution in [2.75, 3.05) is 6.54 Å². The molecule has 1 heterocycles. The number of hydrogen-bond donors (Lipinski definition) is 0. The van der Waals surface area contributed by atoms with E-state index in [1.165, 1.54) is 12.5 Å². The summed E-state index contributed by atoms with van der Waals surface area (Å²) in [6.07, 6.45) is 2.53. The lowest BCUT2D eigenvalue weighted by atomic mass is 10.7. The molecule has 0 saturated carbocycles. The van der Waals surface area contributed by atoms with Crippen LogP contribution in [0.5, 0.6) is 0 Å². The van der Waals surface area contributed by atoms with E-state index >= 15 is 0 Å². The second-order valence-electron chi connectivity index (χ2n) is 1.19. The van der Waals surface area contributed by atoms with Crippen molar-refractivity contribution in [1.29, 1.82) is 0 Å². The minimum atomic E-state index is -0.373. The second-order valence-corrected chi connectivity index (χ2v) is 1.19. The number of carbonyl (C=O) groups excluding carboxylic acids is 1. The Labute approximate surface area is 45.9 Å². The fourth-order valence-electron chi connectivity index (χ4n) is 0.317. The predicted molar refractivity (Wildman–Crippen MR) is 25.0 cm³/mol. The molecule has 0 unspecified atom stereocenters. The largest absolute Gasteiger partial charge is 0.431 e. The SMILES string of the molecule is O=C1CN=NC=CO1. The highest BCUT2D eigenvalue weighted by molar-refractivity contribution is 5.72. The van der Waals surface area contributed by atoms with Crippen LogP contribution in [0.2, 0.25) is 0 Å². The van der Waals surface area contributed by atoms with Crippen molar-refractivity contribution in [3.8, 4) is 0 Å². The molecule has 0 atom stereocenters. The molecule has 0 spiro atoms. The van der Waals surface area contributed by atoms with E-state index in [0.717, 1.165) is 0 Å². The molecule has 8 heavy (non-hydrogen) atoms. The molecule has 0 N–H and O–H groups in total. The Kier molecular flexibility index (Phi) is 1.37. The first-order valence-corrected chi connectivity index (χ1v) is 2.11. The van der Waals surface area contributed by atoms with Gasteiger partial charge in [-0.2, -0.15) is 10.2 Å². The summed E-state index contributed by atoms with van der Waals surface area (Å²) in [6.45, 7) is 0.0208. The van der Waals surface area contributed by atoms with Crippen LogP contribution in [-0.2, 0) is 9.53 Å². The standard InChI is InChI=1S/C4H4N2O2/c7-4-3-6-5-1-2-8-4/h1-2H,3H2. The van der Waals surface area contributed by atoms with Crippen molar-refractivity contribution < 1.29 is 9.53 Å². The highest BCUT2D eigenvalue weighted by Crippen LogP contribution is 1.89. The van der Waals surface area contributed by atoms with E-state index in [1.807, 2.05) is 0 Å². The Morgan fingerprint density at radius 1 is 1.75 bits per heavy atom. The Hall–Kier alpha value is -1.19. The van der Waals surface area contributed by atoms with Crippen LogP contribution in [0.3, 0.4) is 0 Å². The molecule has 1 aliphatic heterocycles. The number of rotatable bonds is 0. The minimum absolute atomic E-state index is 0.0208. The molecular weight excluding hydrogens is 108 g/mol. The zero-order valence-electron chi connectivity index (χ0n) is 4.07. The highest BCUT2D eigenvalue weighted by Gasteiger charge is 1.98. The zero-order valence-corrected chi connectivity index (χ0v) is 4.07. The summed E-state index contributed by atoms with van der Waals surface area (Å²) >= 11 is 0. The second kappa shape index (κ2) is 2.20. The number of cyclic esters (lactones) is 1. The molecule has 0 radical (unpaired) electrons. The monoisotopic (exact) mass is 112 g/mol. The van der Waals surface area contributed by atoms with Gasteiger partial charge in [0.25, 0.3) is 0 Å². The Balaban J connectivity index is 2.58. The first-order valence-electron chi connectivity index (χ1n) is 2.11. The van der Waals surface area contributed by atoms with Crippen LogP contribution in [0.25, 0.3) is 0 Å². The summed E-state index contributed by atoms with van der Waals surface area (Å²) < 4.78 is 4.40. The van der Waals surface area contributed by atoms with Crippen LogP contribution in [0.1, 0.15) is 0 Å². The summed E-state index contributed by atoms with van der Waals surface area (Å²) in [5.74, 6) is -0.373. The number of azo groups is 1. The number of carbonyl (C=O) groups is 1. The third-order valence-electron chi connectivity index (χ3n) is 0.608. The Bertz CT molecular complexity index is 134. The van der Waals surface area contributed by atoms with Gasteiger partial charge in [0.1, 0.15) is 6.26 Å². The van der Waals surface area contributed by atoms with Crippen molar-refractivity contribution in [1.82, 2.24) is 0 Å². The van der Waals surface area contributed by atoms with Gasteiger partial charge in [-0.1, -0.05) is 0 Å². The van der Waals surface area contributed by atoms with Crippen LogP contribution >= 0.6 is 0 Å². The maximum Gasteiger partial charge on any atom is 0.334 e. The van der Waals surface area contributed by atoms with Crippen molar-refractivity contribution in [3.63, 3.8) is 0 Å². The van der Waals surface area contributed by atoms with E-state index < -0.39 is 0 Å². The molecule has 1 aliphatic rings. The first-order chi connectivity index (χ1) is 3.89. The normalized spacial score (nSPS) is 17.8. The smallest absolute Gasteiger partial charge is 0.334 e. The fourth-order valence-corrected chi connectivity index (χ4v) is 0.317. The lowest BCUT2D eigenvalue weighted by Gasteiger charge is -1.86. The van der Waals surface area contributed by atoms with Gasteiger partial charge >= 0.3 is 5.97 Å². The fraction of sp³-hybridized carbons (Fsp3) is 0.250. The van der Waals surface area contributed by atoms with Gasteiger partial charge in [0, 0.05) is 0 Å². The topological polar surface area (TPSA) is 51.0 Å². The summed E-state index contributed by atoms with van der Waals surface area (Å²) in [5.41, 5.74) is 0. The zero-order chi connectivity index (χ0) is 5.82. The number of ether oxygens (including phenoxy) is 1. The number of hydrogen-bond acceptors (Lipinski definition) is 4. The van der Waals surface area contributed by atoms with Gasteiger partial charge in [-0.25, -0.2) is 4.79 Å². The molecule has 1 rings (SSSR count). The molecule has 4 heteroatoms. The summed E-state index contributed by atoms with van der Waals surface area (Å²) in [4.78, 5) is 10.3. The number of esters is 1. The highest BCUT2D eigenvalue weighted by atomic mass is 16.5. The van der Waals surface area contributed by atoms with Gasteiger partial charge in [-0.15, -0.1) is 0 Å². The van der Waals surface area contributed by atoms with Crippen molar-refractivity contribution in [2.24, 2.45) is 10.2 Å². The average Bonchev–Trinajstić information content (AvgIpc) is 1.94. The Morgan fingerprint density at radius 3 is 3.50 bits per heavy atom.